The fraction of sp³-hybridized carbons (Fsp3) is 0.100. The summed E-state index contributed by atoms with van der Waals surface area (Å²) in [7, 11) is 0. The highest BCUT2D eigenvalue weighted by molar-refractivity contribution is 7.15. The van der Waals surface area contributed by atoms with Crippen LogP contribution in [0.5, 0.6) is 0 Å². The number of thiazole rings is 1. The summed E-state index contributed by atoms with van der Waals surface area (Å²) in [5, 5.41) is 4.20. The Bertz CT molecular complexity index is 560. The monoisotopic (exact) mass is 220 g/mol. The summed E-state index contributed by atoms with van der Waals surface area (Å²) in [4.78, 5) is 6.88. The lowest BCUT2D eigenvalue weighted by Crippen LogP contribution is -1.77. The molecule has 0 aliphatic heterocycles. The Kier molecular flexibility index (Phi) is 1.72. The second-order valence-electron chi connectivity index (χ2n) is 3.13. The molecule has 0 aliphatic carbocycles. The fourth-order valence-electron chi connectivity index (χ4n) is 1.44. The maximum atomic E-state index is 4.57. The van der Waals surface area contributed by atoms with Crippen LogP contribution in [0.4, 0.5) is 0 Å². The maximum Gasteiger partial charge on any atom is 0.194 e. The van der Waals surface area contributed by atoms with Crippen LogP contribution in [0.2, 0.25) is 0 Å². The second kappa shape index (κ2) is 2.93. The predicted octanol–water partition coefficient (Wildman–Crippen LogP) is 3.43. The van der Waals surface area contributed by atoms with Crippen LogP contribution in [0.3, 0.4) is 0 Å². The molecular weight excluding hydrogens is 212 g/mol. The summed E-state index contributed by atoms with van der Waals surface area (Å²) in [6.45, 7) is 2.10. The van der Waals surface area contributed by atoms with Gasteiger partial charge in [0, 0.05) is 17.3 Å². The lowest BCUT2D eigenvalue weighted by atomic mass is 10.4. The molecule has 3 heterocycles. The highest BCUT2D eigenvalue weighted by Gasteiger charge is 2.07. The smallest absolute Gasteiger partial charge is 0.194 e. The molecule has 0 amide bonds. The zero-order valence-electron chi connectivity index (χ0n) is 7.60. The second-order valence-corrected chi connectivity index (χ2v) is 4.92. The van der Waals surface area contributed by atoms with Crippen molar-refractivity contribution >= 4 is 27.6 Å². The van der Waals surface area contributed by atoms with Crippen molar-refractivity contribution in [3.63, 3.8) is 0 Å². The summed E-state index contributed by atoms with van der Waals surface area (Å²) in [6.07, 6.45) is 2.10. The van der Waals surface area contributed by atoms with E-state index in [1.165, 1.54) is 10.6 Å². The van der Waals surface area contributed by atoms with Crippen molar-refractivity contribution in [2.24, 2.45) is 0 Å². The van der Waals surface area contributed by atoms with E-state index in [4.69, 9.17) is 0 Å². The van der Waals surface area contributed by atoms with Crippen molar-refractivity contribution in [1.29, 1.82) is 0 Å². The van der Waals surface area contributed by atoms with Gasteiger partial charge >= 0.3 is 0 Å². The summed E-state index contributed by atoms with van der Waals surface area (Å²) in [5.74, 6) is 0. The number of aromatic nitrogens is 2. The number of aryl methyl sites for hydroxylation is 1. The molecule has 0 unspecified atom stereocenters. The Morgan fingerprint density at radius 2 is 2.29 bits per heavy atom. The molecule has 3 aromatic heterocycles. The van der Waals surface area contributed by atoms with Crippen LogP contribution < -0.4 is 0 Å². The van der Waals surface area contributed by atoms with Gasteiger partial charge < -0.3 is 0 Å². The Hall–Kier alpha value is -1.13. The minimum Gasteiger partial charge on any atom is -0.294 e. The first-order chi connectivity index (χ1) is 6.84. The number of hydrogen-bond donors (Lipinski definition) is 0. The Labute approximate surface area is 89.5 Å². The Morgan fingerprint density at radius 3 is 3.00 bits per heavy atom. The van der Waals surface area contributed by atoms with Gasteiger partial charge in [-0.2, -0.15) is 0 Å². The minimum absolute atomic E-state index is 1.07. The number of nitrogens with zero attached hydrogens (tertiary/aromatic N) is 2. The van der Waals surface area contributed by atoms with Crippen LogP contribution in [-0.4, -0.2) is 9.38 Å². The van der Waals surface area contributed by atoms with Crippen LogP contribution in [0.15, 0.2) is 29.1 Å². The summed E-state index contributed by atoms with van der Waals surface area (Å²) >= 11 is 3.42. The largest absolute Gasteiger partial charge is 0.294 e. The molecule has 70 valence electrons. The molecule has 0 N–H and O–H groups in total. The fourth-order valence-corrected chi connectivity index (χ4v) is 2.97. The average molecular weight is 220 g/mol. The van der Waals surface area contributed by atoms with Crippen molar-refractivity contribution in [3.8, 4) is 10.6 Å². The summed E-state index contributed by atoms with van der Waals surface area (Å²) < 4.78 is 2.14. The van der Waals surface area contributed by atoms with E-state index in [1.54, 1.807) is 22.7 Å². The van der Waals surface area contributed by atoms with Gasteiger partial charge in [-0.3, -0.25) is 4.40 Å². The van der Waals surface area contributed by atoms with Crippen molar-refractivity contribution in [2.75, 3.05) is 0 Å². The molecule has 4 heteroatoms. The van der Waals surface area contributed by atoms with E-state index in [0.29, 0.717) is 0 Å². The van der Waals surface area contributed by atoms with E-state index in [0.717, 1.165) is 10.7 Å². The average Bonchev–Trinajstić information content (AvgIpc) is 2.83. The van der Waals surface area contributed by atoms with Crippen LogP contribution in [0.1, 0.15) is 5.69 Å². The van der Waals surface area contributed by atoms with E-state index in [1.807, 2.05) is 0 Å². The lowest BCUT2D eigenvalue weighted by molar-refractivity contribution is 1.13. The van der Waals surface area contributed by atoms with Gasteiger partial charge in [0.25, 0.3) is 0 Å². The molecule has 2 nitrogen and oxygen atoms in total. The third-order valence-electron chi connectivity index (χ3n) is 2.16. The number of fused-ring (bicyclic) bond motifs is 1. The van der Waals surface area contributed by atoms with Crippen LogP contribution in [-0.2, 0) is 0 Å². The van der Waals surface area contributed by atoms with Crippen LogP contribution in [0.25, 0.3) is 15.5 Å². The van der Waals surface area contributed by atoms with E-state index >= 15 is 0 Å². The van der Waals surface area contributed by atoms with Crippen molar-refractivity contribution < 1.29 is 0 Å². The zero-order chi connectivity index (χ0) is 9.54. The number of rotatable bonds is 1. The molecule has 3 rings (SSSR count). The third-order valence-corrected chi connectivity index (χ3v) is 4.01. The molecule has 0 saturated heterocycles. The van der Waals surface area contributed by atoms with Gasteiger partial charge in [-0.05, 0) is 18.4 Å². The normalized spacial score (nSPS) is 11.2. The minimum atomic E-state index is 1.07. The predicted molar refractivity (Wildman–Crippen MR) is 61.1 cm³/mol. The molecule has 0 aliphatic rings. The first-order valence-corrected chi connectivity index (χ1v) is 6.07. The van der Waals surface area contributed by atoms with Gasteiger partial charge in [0.05, 0.1) is 4.88 Å². The molecule has 0 bridgehead atoms. The number of thiophene rings is 1. The maximum absolute atomic E-state index is 4.57. The van der Waals surface area contributed by atoms with Gasteiger partial charge in [0.1, 0.15) is 5.69 Å². The molecule has 0 fully saturated rings. The molecule has 3 aromatic rings. The van der Waals surface area contributed by atoms with E-state index in [-0.39, 0.29) is 0 Å². The SMILES string of the molecule is Cc1csc2nc(-c3cccs3)cn12. The Morgan fingerprint density at radius 1 is 1.36 bits per heavy atom. The Balaban J connectivity index is 2.24. The van der Waals surface area contributed by atoms with Gasteiger partial charge in [-0.25, -0.2) is 4.98 Å². The molecule has 0 spiro atoms. The van der Waals surface area contributed by atoms with Gasteiger partial charge in [0.2, 0.25) is 0 Å². The lowest BCUT2D eigenvalue weighted by Gasteiger charge is -1.87. The quantitative estimate of drug-likeness (QED) is 0.614. The van der Waals surface area contributed by atoms with Gasteiger partial charge in [-0.1, -0.05) is 6.07 Å². The first kappa shape index (κ1) is 8.20. The molecule has 0 radical (unpaired) electrons. The first-order valence-electron chi connectivity index (χ1n) is 4.31. The van der Waals surface area contributed by atoms with E-state index < -0.39 is 0 Å². The zero-order valence-corrected chi connectivity index (χ0v) is 9.23. The third kappa shape index (κ3) is 1.11. The summed E-state index contributed by atoms with van der Waals surface area (Å²) in [5.41, 5.74) is 2.33. The highest BCUT2D eigenvalue weighted by Crippen LogP contribution is 2.26. The molecule has 14 heavy (non-hydrogen) atoms. The molecular formula is C10H8N2S2. The van der Waals surface area contributed by atoms with Crippen LogP contribution >= 0.6 is 22.7 Å². The van der Waals surface area contributed by atoms with E-state index in [2.05, 4.69) is 45.4 Å². The molecule has 0 aromatic carbocycles. The topological polar surface area (TPSA) is 17.3 Å². The van der Waals surface area contributed by atoms with Gasteiger partial charge in [0.15, 0.2) is 4.96 Å². The van der Waals surface area contributed by atoms with Crippen molar-refractivity contribution in [3.05, 3.63) is 34.8 Å². The standard InChI is InChI=1S/C10H8N2S2/c1-7-6-14-10-11-8(5-12(7)10)9-3-2-4-13-9/h2-6H,1H3. The van der Waals surface area contributed by atoms with Crippen molar-refractivity contribution in [1.82, 2.24) is 9.38 Å². The number of hydrogen-bond acceptors (Lipinski definition) is 3. The van der Waals surface area contributed by atoms with Crippen molar-refractivity contribution in [2.45, 2.75) is 6.92 Å². The van der Waals surface area contributed by atoms with Gasteiger partial charge in [-0.15, -0.1) is 22.7 Å². The molecule has 0 atom stereocenters. The highest BCUT2D eigenvalue weighted by atomic mass is 32.1. The van der Waals surface area contributed by atoms with Crippen LogP contribution in [0, 0.1) is 6.92 Å². The number of imidazole rings is 1. The summed E-state index contributed by atoms with van der Waals surface area (Å²) in [6, 6.07) is 4.16. The van der Waals surface area contributed by atoms with E-state index in [9.17, 15) is 0 Å². The molecule has 0 saturated carbocycles.